The van der Waals surface area contributed by atoms with Gasteiger partial charge < -0.3 is 4.74 Å². The quantitative estimate of drug-likeness (QED) is 0.790. The van der Waals surface area contributed by atoms with E-state index in [-0.39, 0.29) is 11.0 Å². The Labute approximate surface area is 126 Å². The largest absolute Gasteiger partial charge is 0.379 e. The smallest absolute Gasteiger partial charge is 0.297 e. The van der Waals surface area contributed by atoms with Crippen molar-refractivity contribution in [1.82, 2.24) is 4.90 Å². The van der Waals surface area contributed by atoms with Crippen molar-refractivity contribution in [2.75, 3.05) is 26.3 Å². The van der Waals surface area contributed by atoms with Gasteiger partial charge in [0.25, 0.3) is 10.1 Å². The van der Waals surface area contributed by atoms with Crippen LogP contribution >= 0.6 is 0 Å². The first kappa shape index (κ1) is 15.0. The number of rotatable bonds is 4. The third-order valence-electron chi connectivity index (χ3n) is 4.20. The zero-order chi connectivity index (χ0) is 14.9. The van der Waals surface area contributed by atoms with Gasteiger partial charge in [0.2, 0.25) is 0 Å². The molecular weight excluding hydrogens is 290 g/mol. The molecule has 2 aliphatic rings. The van der Waals surface area contributed by atoms with Gasteiger partial charge in [-0.1, -0.05) is 17.7 Å². The monoisotopic (exact) mass is 311 g/mol. The Hall–Kier alpha value is -0.950. The first-order valence-corrected chi connectivity index (χ1v) is 8.77. The Morgan fingerprint density at radius 1 is 1.14 bits per heavy atom. The van der Waals surface area contributed by atoms with Crippen molar-refractivity contribution in [1.29, 1.82) is 0 Å². The molecular formula is C15H21NO4S. The summed E-state index contributed by atoms with van der Waals surface area (Å²) in [6.07, 6.45) is 1.38. The number of hydrogen-bond acceptors (Lipinski definition) is 5. The van der Waals surface area contributed by atoms with Gasteiger partial charge in [-0.15, -0.1) is 0 Å². The second-order valence-electron chi connectivity index (χ2n) is 5.76. The maximum atomic E-state index is 12.2. The molecule has 0 spiro atoms. The summed E-state index contributed by atoms with van der Waals surface area (Å²) >= 11 is 0. The zero-order valence-corrected chi connectivity index (χ0v) is 13.0. The maximum absolute atomic E-state index is 12.2. The summed E-state index contributed by atoms with van der Waals surface area (Å²) in [5.41, 5.74) is 1.03. The predicted octanol–water partition coefficient (Wildman–Crippen LogP) is 1.56. The van der Waals surface area contributed by atoms with Crippen LogP contribution in [0, 0.1) is 6.92 Å². The van der Waals surface area contributed by atoms with Crippen LogP contribution < -0.4 is 0 Å². The highest BCUT2D eigenvalue weighted by Crippen LogP contribution is 2.31. The Kier molecular flexibility index (Phi) is 4.31. The maximum Gasteiger partial charge on any atom is 0.297 e. The van der Waals surface area contributed by atoms with Crippen molar-refractivity contribution in [3.05, 3.63) is 29.8 Å². The third-order valence-corrected chi connectivity index (χ3v) is 5.58. The second-order valence-corrected chi connectivity index (χ2v) is 7.33. The summed E-state index contributed by atoms with van der Waals surface area (Å²) in [5, 5.41) is 0. The van der Waals surface area contributed by atoms with Crippen molar-refractivity contribution in [2.24, 2.45) is 0 Å². The highest BCUT2D eigenvalue weighted by molar-refractivity contribution is 7.86. The van der Waals surface area contributed by atoms with E-state index in [1.807, 2.05) is 6.92 Å². The van der Waals surface area contributed by atoms with Crippen molar-refractivity contribution in [2.45, 2.75) is 36.8 Å². The van der Waals surface area contributed by atoms with Gasteiger partial charge in [-0.2, -0.15) is 8.42 Å². The minimum absolute atomic E-state index is 0.191. The molecule has 1 aromatic carbocycles. The van der Waals surface area contributed by atoms with Crippen molar-refractivity contribution < 1.29 is 17.3 Å². The predicted molar refractivity (Wildman–Crippen MR) is 78.7 cm³/mol. The van der Waals surface area contributed by atoms with E-state index in [1.54, 1.807) is 24.3 Å². The number of ether oxygens (including phenoxy) is 1. The summed E-state index contributed by atoms with van der Waals surface area (Å²) < 4.78 is 35.0. The molecule has 21 heavy (non-hydrogen) atoms. The molecule has 2 fully saturated rings. The highest BCUT2D eigenvalue weighted by Gasteiger charge is 2.37. The van der Waals surface area contributed by atoms with Crippen molar-refractivity contribution >= 4 is 10.1 Å². The van der Waals surface area contributed by atoms with Crippen molar-refractivity contribution in [3.8, 4) is 0 Å². The molecule has 6 heteroatoms. The fourth-order valence-electron chi connectivity index (χ4n) is 2.80. The van der Waals surface area contributed by atoms with Crippen LogP contribution in [0.25, 0.3) is 0 Å². The van der Waals surface area contributed by atoms with E-state index >= 15 is 0 Å². The number of aryl methyl sites for hydroxylation is 1. The number of benzene rings is 1. The van der Waals surface area contributed by atoms with E-state index < -0.39 is 10.1 Å². The van der Waals surface area contributed by atoms with Gasteiger partial charge in [-0.05, 0) is 31.9 Å². The Morgan fingerprint density at radius 2 is 1.76 bits per heavy atom. The lowest BCUT2D eigenvalue weighted by molar-refractivity contribution is -0.0358. The SMILES string of the molecule is Cc1ccc(S(=O)(=O)OC2CC(N3CCOCC3)C2)cc1. The Bertz CT molecular complexity index is 572. The summed E-state index contributed by atoms with van der Waals surface area (Å²) in [6, 6.07) is 7.21. The van der Waals surface area contributed by atoms with Gasteiger partial charge in [0.05, 0.1) is 24.2 Å². The fraction of sp³-hybridized carbons (Fsp3) is 0.600. The topological polar surface area (TPSA) is 55.8 Å². The minimum Gasteiger partial charge on any atom is -0.379 e. The molecule has 0 bridgehead atoms. The van der Waals surface area contributed by atoms with Gasteiger partial charge in [-0.25, -0.2) is 0 Å². The molecule has 1 aromatic rings. The number of morpholine rings is 1. The average molecular weight is 311 g/mol. The van der Waals surface area contributed by atoms with Crippen LogP contribution in [0.1, 0.15) is 18.4 Å². The highest BCUT2D eigenvalue weighted by atomic mass is 32.2. The molecule has 0 atom stereocenters. The van der Waals surface area contributed by atoms with E-state index in [9.17, 15) is 8.42 Å². The minimum atomic E-state index is -3.63. The lowest BCUT2D eigenvalue weighted by atomic mass is 9.88. The van der Waals surface area contributed by atoms with Crippen LogP contribution in [0.2, 0.25) is 0 Å². The van der Waals surface area contributed by atoms with Gasteiger partial charge in [0, 0.05) is 19.1 Å². The standard InChI is InChI=1S/C15H21NO4S/c1-12-2-4-15(5-3-12)21(17,18)20-14-10-13(11-14)16-6-8-19-9-7-16/h2-5,13-14H,6-11H2,1H3. The van der Waals surface area contributed by atoms with Crippen LogP contribution in [0.4, 0.5) is 0 Å². The van der Waals surface area contributed by atoms with Crippen LogP contribution in [-0.4, -0.2) is 51.8 Å². The van der Waals surface area contributed by atoms with Crippen LogP contribution in [0.15, 0.2) is 29.2 Å². The Balaban J connectivity index is 1.54. The molecule has 116 valence electrons. The van der Waals surface area contributed by atoms with E-state index in [2.05, 4.69) is 4.90 Å². The van der Waals surface area contributed by atoms with E-state index in [0.717, 1.165) is 44.7 Å². The molecule has 1 aliphatic heterocycles. The molecule has 0 amide bonds. The van der Waals surface area contributed by atoms with Crippen LogP contribution in [-0.2, 0) is 19.0 Å². The molecule has 1 heterocycles. The zero-order valence-electron chi connectivity index (χ0n) is 12.2. The first-order chi connectivity index (χ1) is 10.0. The van der Waals surface area contributed by atoms with E-state index in [1.165, 1.54) is 0 Å². The molecule has 1 aliphatic carbocycles. The summed E-state index contributed by atoms with van der Waals surface area (Å²) in [4.78, 5) is 2.60. The molecule has 0 unspecified atom stereocenters. The normalized spacial score (nSPS) is 27.3. The number of hydrogen-bond donors (Lipinski definition) is 0. The van der Waals surface area contributed by atoms with Crippen molar-refractivity contribution in [3.63, 3.8) is 0 Å². The van der Waals surface area contributed by atoms with E-state index in [0.29, 0.717) is 6.04 Å². The van der Waals surface area contributed by atoms with Gasteiger partial charge >= 0.3 is 0 Å². The van der Waals surface area contributed by atoms with E-state index in [4.69, 9.17) is 8.92 Å². The fourth-order valence-corrected chi connectivity index (χ4v) is 3.89. The third kappa shape index (κ3) is 3.45. The molecule has 5 nitrogen and oxygen atoms in total. The Morgan fingerprint density at radius 3 is 2.38 bits per heavy atom. The second kappa shape index (κ2) is 6.04. The van der Waals surface area contributed by atoms with Gasteiger partial charge in [-0.3, -0.25) is 9.08 Å². The molecule has 0 N–H and O–H groups in total. The first-order valence-electron chi connectivity index (χ1n) is 7.36. The van der Waals surface area contributed by atoms with Crippen LogP contribution in [0.3, 0.4) is 0 Å². The lowest BCUT2D eigenvalue weighted by Gasteiger charge is -2.43. The lowest BCUT2D eigenvalue weighted by Crippen LogP contribution is -2.52. The summed E-state index contributed by atoms with van der Waals surface area (Å²) in [7, 11) is -3.63. The van der Waals surface area contributed by atoms with Gasteiger partial charge in [0.1, 0.15) is 0 Å². The molecule has 1 saturated heterocycles. The molecule has 0 radical (unpaired) electrons. The molecule has 3 rings (SSSR count). The number of nitrogens with zero attached hydrogens (tertiary/aromatic N) is 1. The molecule has 0 aromatic heterocycles. The average Bonchev–Trinajstić information content (AvgIpc) is 2.44. The van der Waals surface area contributed by atoms with Crippen LogP contribution in [0.5, 0.6) is 0 Å². The summed E-state index contributed by atoms with van der Waals surface area (Å²) in [6.45, 7) is 5.33. The summed E-state index contributed by atoms with van der Waals surface area (Å²) in [5.74, 6) is 0. The van der Waals surface area contributed by atoms with Gasteiger partial charge in [0.15, 0.2) is 0 Å². The molecule has 1 saturated carbocycles.